The van der Waals surface area contributed by atoms with Crippen LogP contribution in [0.25, 0.3) is 0 Å². The van der Waals surface area contributed by atoms with Gasteiger partial charge in [0.05, 0.1) is 6.61 Å². The van der Waals surface area contributed by atoms with Gasteiger partial charge < -0.3 is 10.1 Å². The molecule has 0 aliphatic carbocycles. The lowest BCUT2D eigenvalue weighted by molar-refractivity contribution is -0.144. The van der Waals surface area contributed by atoms with Crippen LogP contribution < -0.4 is 5.32 Å². The van der Waals surface area contributed by atoms with Gasteiger partial charge in [-0.1, -0.05) is 24.3 Å². The first-order chi connectivity index (χ1) is 10.3. The summed E-state index contributed by atoms with van der Waals surface area (Å²) in [5.41, 5.74) is 0.951. The van der Waals surface area contributed by atoms with Crippen molar-refractivity contribution in [3.63, 3.8) is 0 Å². The number of carbonyl (C=O) groups is 1. The molecule has 1 atom stereocenters. The highest BCUT2D eigenvalue weighted by atomic mass is 32.1. The molecule has 0 saturated heterocycles. The second kappa shape index (κ2) is 8.47. The second-order valence-corrected chi connectivity index (χ2v) is 5.82. The highest BCUT2D eigenvalue weighted by molar-refractivity contribution is 7.09. The molecular formula is C17H21NO2S. The van der Waals surface area contributed by atoms with Crippen molar-refractivity contribution in [1.29, 1.82) is 0 Å². The fourth-order valence-electron chi connectivity index (χ4n) is 2.16. The van der Waals surface area contributed by atoms with Crippen LogP contribution in [0.1, 0.15) is 24.6 Å². The summed E-state index contributed by atoms with van der Waals surface area (Å²) < 4.78 is 5.17. The van der Waals surface area contributed by atoms with E-state index in [1.54, 1.807) is 11.3 Å². The standard InChI is InChI=1S/C17H21NO2S/c1-2-20-17(19)16(18-14-8-4-3-5-9-14)12-6-10-15-11-7-13-21-15/h3-5,7-9,11,13,16,18H,2,6,10,12H2,1H3/t16-/m1/s1. The zero-order chi connectivity index (χ0) is 14.9. The number of aryl methyl sites for hydroxylation is 1. The van der Waals surface area contributed by atoms with Crippen molar-refractivity contribution in [2.45, 2.75) is 32.2 Å². The molecule has 0 aliphatic rings. The summed E-state index contributed by atoms with van der Waals surface area (Å²) in [7, 11) is 0. The fraction of sp³-hybridized carbons (Fsp3) is 0.353. The molecule has 3 nitrogen and oxygen atoms in total. The van der Waals surface area contributed by atoms with Gasteiger partial charge in [0.2, 0.25) is 0 Å². The summed E-state index contributed by atoms with van der Waals surface area (Å²) in [5.74, 6) is -0.174. The summed E-state index contributed by atoms with van der Waals surface area (Å²) in [6, 6.07) is 13.7. The minimum absolute atomic E-state index is 0.174. The van der Waals surface area contributed by atoms with Crippen LogP contribution in [0.5, 0.6) is 0 Å². The number of carbonyl (C=O) groups excluding carboxylic acids is 1. The van der Waals surface area contributed by atoms with Crippen molar-refractivity contribution in [3.8, 4) is 0 Å². The lowest BCUT2D eigenvalue weighted by atomic mass is 10.1. The van der Waals surface area contributed by atoms with Gasteiger partial charge in [0.1, 0.15) is 6.04 Å². The average molecular weight is 303 g/mol. The van der Waals surface area contributed by atoms with Gasteiger partial charge in [-0.15, -0.1) is 11.3 Å². The van der Waals surface area contributed by atoms with Gasteiger partial charge in [-0.05, 0) is 49.8 Å². The smallest absolute Gasteiger partial charge is 0.328 e. The Morgan fingerprint density at radius 3 is 2.71 bits per heavy atom. The Kier molecular flexibility index (Phi) is 6.28. The van der Waals surface area contributed by atoms with Crippen LogP contribution in [0.2, 0.25) is 0 Å². The molecule has 1 heterocycles. The molecule has 1 N–H and O–H groups in total. The van der Waals surface area contributed by atoms with Crippen LogP contribution in [0.15, 0.2) is 47.8 Å². The molecule has 1 aromatic heterocycles. The molecule has 0 aliphatic heterocycles. The molecule has 0 amide bonds. The minimum Gasteiger partial charge on any atom is -0.464 e. The number of hydrogen-bond donors (Lipinski definition) is 1. The third kappa shape index (κ3) is 5.23. The molecule has 2 aromatic rings. The normalized spacial score (nSPS) is 11.9. The van der Waals surface area contributed by atoms with Crippen molar-refractivity contribution >= 4 is 23.0 Å². The first kappa shape index (κ1) is 15.6. The van der Waals surface area contributed by atoms with E-state index in [2.05, 4.69) is 22.8 Å². The van der Waals surface area contributed by atoms with Crippen LogP contribution in [0.3, 0.4) is 0 Å². The SMILES string of the molecule is CCOC(=O)[C@@H](CCCc1cccs1)Nc1ccccc1. The van der Waals surface area contributed by atoms with Crippen molar-refractivity contribution < 1.29 is 9.53 Å². The molecule has 0 radical (unpaired) electrons. The summed E-state index contributed by atoms with van der Waals surface area (Å²) in [5, 5.41) is 5.36. The van der Waals surface area contributed by atoms with E-state index in [1.165, 1.54) is 4.88 Å². The summed E-state index contributed by atoms with van der Waals surface area (Å²) >= 11 is 1.76. The highest BCUT2D eigenvalue weighted by Gasteiger charge is 2.19. The van der Waals surface area contributed by atoms with E-state index < -0.39 is 0 Å². The Hall–Kier alpha value is -1.81. The van der Waals surface area contributed by atoms with Crippen molar-refractivity contribution in [2.24, 2.45) is 0 Å². The van der Waals surface area contributed by atoms with Gasteiger partial charge in [0.25, 0.3) is 0 Å². The molecule has 0 fully saturated rings. The Bertz CT molecular complexity index is 525. The maximum absolute atomic E-state index is 12.1. The lowest BCUT2D eigenvalue weighted by Gasteiger charge is -2.18. The number of rotatable bonds is 8. The molecule has 21 heavy (non-hydrogen) atoms. The second-order valence-electron chi connectivity index (χ2n) is 4.79. The third-order valence-corrected chi connectivity index (χ3v) is 4.12. The minimum atomic E-state index is -0.285. The summed E-state index contributed by atoms with van der Waals surface area (Å²) in [4.78, 5) is 13.4. The van der Waals surface area contributed by atoms with Crippen LogP contribution in [0, 0.1) is 0 Å². The molecule has 112 valence electrons. The van der Waals surface area contributed by atoms with E-state index in [9.17, 15) is 4.79 Å². The predicted molar refractivity (Wildman–Crippen MR) is 87.7 cm³/mol. The van der Waals surface area contributed by atoms with Crippen LogP contribution in [-0.2, 0) is 16.0 Å². The number of hydrogen-bond acceptors (Lipinski definition) is 4. The third-order valence-electron chi connectivity index (χ3n) is 3.18. The molecule has 2 rings (SSSR count). The molecule has 0 bridgehead atoms. The van der Waals surface area contributed by atoms with Gasteiger partial charge in [0.15, 0.2) is 0 Å². The van der Waals surface area contributed by atoms with Crippen LogP contribution >= 0.6 is 11.3 Å². The maximum Gasteiger partial charge on any atom is 0.328 e. The van der Waals surface area contributed by atoms with E-state index in [1.807, 2.05) is 37.3 Å². The van der Waals surface area contributed by atoms with E-state index >= 15 is 0 Å². The molecule has 0 unspecified atom stereocenters. The fourth-order valence-corrected chi connectivity index (χ4v) is 2.91. The van der Waals surface area contributed by atoms with E-state index in [-0.39, 0.29) is 12.0 Å². The summed E-state index contributed by atoms with van der Waals surface area (Å²) in [6.45, 7) is 2.25. The van der Waals surface area contributed by atoms with Crippen molar-refractivity contribution in [2.75, 3.05) is 11.9 Å². The molecule has 0 saturated carbocycles. The molecule has 4 heteroatoms. The predicted octanol–water partition coefficient (Wildman–Crippen LogP) is 4.11. The first-order valence-corrected chi connectivity index (χ1v) is 8.18. The van der Waals surface area contributed by atoms with E-state index in [0.717, 1.165) is 24.9 Å². The number of anilines is 1. The number of nitrogens with one attached hydrogen (secondary N) is 1. The summed E-state index contributed by atoms with van der Waals surface area (Å²) in [6.07, 6.45) is 2.74. The van der Waals surface area contributed by atoms with Gasteiger partial charge in [-0.25, -0.2) is 4.79 Å². The maximum atomic E-state index is 12.1. The van der Waals surface area contributed by atoms with E-state index in [4.69, 9.17) is 4.74 Å². The lowest BCUT2D eigenvalue weighted by Crippen LogP contribution is -2.31. The zero-order valence-electron chi connectivity index (χ0n) is 12.2. The van der Waals surface area contributed by atoms with Crippen molar-refractivity contribution in [1.82, 2.24) is 0 Å². The van der Waals surface area contributed by atoms with Gasteiger partial charge >= 0.3 is 5.97 Å². The van der Waals surface area contributed by atoms with E-state index in [0.29, 0.717) is 6.61 Å². The van der Waals surface area contributed by atoms with Crippen molar-refractivity contribution in [3.05, 3.63) is 52.7 Å². The van der Waals surface area contributed by atoms with Gasteiger partial charge in [-0.2, -0.15) is 0 Å². The van der Waals surface area contributed by atoms with Crippen LogP contribution in [-0.4, -0.2) is 18.6 Å². The number of esters is 1. The quantitative estimate of drug-likeness (QED) is 0.746. The Balaban J connectivity index is 1.90. The Morgan fingerprint density at radius 2 is 2.05 bits per heavy atom. The number of benzene rings is 1. The Morgan fingerprint density at radius 1 is 1.24 bits per heavy atom. The molecule has 1 aromatic carbocycles. The topological polar surface area (TPSA) is 38.3 Å². The Labute approximate surface area is 130 Å². The molecular weight excluding hydrogens is 282 g/mol. The number of thiophene rings is 1. The first-order valence-electron chi connectivity index (χ1n) is 7.30. The number of ether oxygens (including phenoxy) is 1. The van der Waals surface area contributed by atoms with Gasteiger partial charge in [0, 0.05) is 10.6 Å². The average Bonchev–Trinajstić information content (AvgIpc) is 3.01. The number of para-hydroxylation sites is 1. The largest absolute Gasteiger partial charge is 0.464 e. The van der Waals surface area contributed by atoms with Crippen LogP contribution in [0.4, 0.5) is 5.69 Å². The monoisotopic (exact) mass is 303 g/mol. The molecule has 0 spiro atoms. The highest BCUT2D eigenvalue weighted by Crippen LogP contribution is 2.16. The van der Waals surface area contributed by atoms with Gasteiger partial charge in [-0.3, -0.25) is 0 Å². The zero-order valence-corrected chi connectivity index (χ0v) is 13.1.